The molecular weight excluding hydrogens is 438 g/mol. The van der Waals surface area contributed by atoms with E-state index >= 15 is 0 Å². The molecule has 1 atom stereocenters. The summed E-state index contributed by atoms with van der Waals surface area (Å²) in [6, 6.07) is 0. The van der Waals surface area contributed by atoms with E-state index in [1.54, 1.807) is 6.92 Å². The zero-order valence-corrected chi connectivity index (χ0v) is 19.3. The number of hydrogen-bond acceptors (Lipinski definition) is 7. The van der Waals surface area contributed by atoms with Crippen molar-refractivity contribution in [3.63, 3.8) is 0 Å². The predicted molar refractivity (Wildman–Crippen MR) is 126 cm³/mol. The average molecular weight is 462 g/mol. The number of alkyl halides is 3. The Hall–Kier alpha value is -2.24. The van der Waals surface area contributed by atoms with E-state index in [1.807, 2.05) is 23.5 Å². The summed E-state index contributed by atoms with van der Waals surface area (Å²) in [5.74, 6) is 0.0304. The lowest BCUT2D eigenvalue weighted by molar-refractivity contribution is -0.137. The second-order valence-corrected chi connectivity index (χ2v) is 10.3. The molecule has 1 aliphatic carbocycles. The fourth-order valence-electron chi connectivity index (χ4n) is 4.16. The number of rotatable bonds is 7. The Morgan fingerprint density at radius 2 is 2.00 bits per heavy atom. The Labute approximate surface area is 191 Å². The second-order valence-electron chi connectivity index (χ2n) is 9.28. The quantitative estimate of drug-likeness (QED) is 0.527. The van der Waals surface area contributed by atoms with Crippen LogP contribution in [0.5, 0.6) is 0 Å². The van der Waals surface area contributed by atoms with Crippen molar-refractivity contribution in [3.05, 3.63) is 22.5 Å². The molecule has 0 radical (unpaired) electrons. The van der Waals surface area contributed by atoms with Crippen LogP contribution in [0.4, 0.5) is 29.9 Å². The van der Waals surface area contributed by atoms with Crippen molar-refractivity contribution in [3.8, 4) is 0 Å². The first-order valence-corrected chi connectivity index (χ1v) is 11.5. The van der Waals surface area contributed by atoms with Crippen LogP contribution in [0.15, 0.2) is 6.20 Å². The molecule has 168 valence electrons. The summed E-state index contributed by atoms with van der Waals surface area (Å²) in [5.41, 5.74) is -0.828. The van der Waals surface area contributed by atoms with Gasteiger partial charge >= 0.3 is 6.18 Å². The normalized spacial score (nSPS) is 21.4. The molecule has 32 heavy (non-hydrogen) atoms. The second kappa shape index (κ2) is 7.96. The minimum atomic E-state index is -4.55. The van der Waals surface area contributed by atoms with Gasteiger partial charge in [-0.3, -0.25) is 4.79 Å². The monoisotopic (exact) mass is 462 g/mol. The van der Waals surface area contributed by atoms with E-state index in [0.717, 1.165) is 29.7 Å². The van der Waals surface area contributed by atoms with Crippen LogP contribution in [0.3, 0.4) is 0 Å². The number of carbonyl (C=O) groups excluding carboxylic acids is 1. The highest BCUT2D eigenvalue weighted by atomic mass is 32.1. The van der Waals surface area contributed by atoms with E-state index in [0.29, 0.717) is 24.5 Å². The lowest BCUT2D eigenvalue weighted by atomic mass is 9.32. The Balaban J connectivity index is 1.73. The molecule has 4 rings (SSSR count). The van der Waals surface area contributed by atoms with Crippen LogP contribution in [0.1, 0.15) is 48.4 Å². The van der Waals surface area contributed by atoms with Gasteiger partial charge < -0.3 is 16.0 Å². The van der Waals surface area contributed by atoms with Crippen molar-refractivity contribution >= 4 is 57.6 Å². The lowest BCUT2D eigenvalue weighted by Crippen LogP contribution is -2.47. The van der Waals surface area contributed by atoms with E-state index in [9.17, 15) is 18.0 Å². The van der Waals surface area contributed by atoms with E-state index in [1.165, 1.54) is 11.3 Å². The third-order valence-electron chi connectivity index (χ3n) is 6.10. The Morgan fingerprint density at radius 1 is 1.28 bits per heavy atom. The largest absolute Gasteiger partial charge is 0.421 e. The molecule has 1 saturated carbocycles. The number of halogens is 3. The lowest BCUT2D eigenvalue weighted by Gasteiger charge is -2.38. The number of aromatic nitrogens is 3. The average Bonchev–Trinajstić information content (AvgIpc) is 3.32. The molecule has 0 bridgehead atoms. The molecule has 2 aromatic rings. The molecule has 3 heterocycles. The first-order valence-electron chi connectivity index (χ1n) is 10.7. The summed E-state index contributed by atoms with van der Waals surface area (Å²) in [7, 11) is 6.10. The minimum Gasteiger partial charge on any atom is -0.370 e. The Morgan fingerprint density at radius 3 is 2.53 bits per heavy atom. The summed E-state index contributed by atoms with van der Waals surface area (Å²) in [6.07, 6.45) is -1.14. The first kappa shape index (κ1) is 22.9. The van der Waals surface area contributed by atoms with Gasteiger partial charge in [0.2, 0.25) is 11.9 Å². The van der Waals surface area contributed by atoms with Gasteiger partial charge in [-0.05, 0) is 26.2 Å². The molecule has 1 aliphatic heterocycles. The van der Waals surface area contributed by atoms with Gasteiger partial charge in [0, 0.05) is 25.2 Å². The predicted octanol–water partition coefficient (Wildman–Crippen LogP) is 0.735. The molecule has 2 aromatic heterocycles. The summed E-state index contributed by atoms with van der Waals surface area (Å²) >= 11 is 1.37. The van der Waals surface area contributed by atoms with Crippen molar-refractivity contribution in [1.29, 1.82) is 0 Å². The third kappa shape index (κ3) is 3.97. The maximum Gasteiger partial charge on any atom is 0.421 e. The molecule has 1 saturated heterocycles. The summed E-state index contributed by atoms with van der Waals surface area (Å²) in [4.78, 5) is 25.8. The highest BCUT2D eigenvalue weighted by Crippen LogP contribution is 2.52. The standard InChI is InChI=1S/C18H24B3F3N6OS/c1-2-25-11-9(17(22,23)24)7-27-15(29-11)30-12-10(8-3-4-8)28-14(32-12)16(18(19,20)21)5-6-26-13(16)31/h7-8H,2-6,19-21H2,1H3,(H,26,31)(H2,25,27,29,30)/t16-/m0/s1. The number of nitrogens with zero attached hydrogens (tertiary/aromatic N) is 3. The van der Waals surface area contributed by atoms with Gasteiger partial charge in [0.1, 0.15) is 21.4 Å². The summed E-state index contributed by atoms with van der Waals surface area (Å²) < 4.78 is 39.9. The Bertz CT molecular complexity index is 1040. The van der Waals surface area contributed by atoms with E-state index < -0.39 is 17.2 Å². The summed E-state index contributed by atoms with van der Waals surface area (Å²) in [6.45, 7) is 2.58. The molecule has 2 fully saturated rings. The molecular formula is C18H24B3F3N6OS. The van der Waals surface area contributed by atoms with E-state index in [2.05, 4.69) is 25.9 Å². The van der Waals surface area contributed by atoms with Crippen LogP contribution in [0.25, 0.3) is 0 Å². The SMILES string of the molecule is BC(B)(B)[C@@]1(c2nc(C3CC3)c(Nc3ncc(C(F)(F)F)c(NCC)n3)s2)CCNC1=O. The minimum absolute atomic E-state index is 0.0344. The highest BCUT2D eigenvalue weighted by molar-refractivity contribution is 7.16. The van der Waals surface area contributed by atoms with Gasteiger partial charge in [0.05, 0.1) is 34.6 Å². The van der Waals surface area contributed by atoms with Gasteiger partial charge in [-0.2, -0.15) is 18.2 Å². The number of amides is 1. The molecule has 7 nitrogen and oxygen atoms in total. The molecule has 0 unspecified atom stereocenters. The zero-order valence-electron chi connectivity index (χ0n) is 18.5. The van der Waals surface area contributed by atoms with Crippen LogP contribution in [-0.4, -0.2) is 57.5 Å². The van der Waals surface area contributed by atoms with Crippen molar-refractivity contribution < 1.29 is 18.0 Å². The van der Waals surface area contributed by atoms with Gasteiger partial charge in [-0.15, -0.1) is 0 Å². The number of thiazole rings is 1. The molecule has 14 heteroatoms. The number of nitrogens with one attached hydrogen (secondary N) is 3. The maximum absolute atomic E-state index is 13.3. The van der Waals surface area contributed by atoms with Gasteiger partial charge in [0.25, 0.3) is 0 Å². The topological polar surface area (TPSA) is 91.8 Å². The summed E-state index contributed by atoms with van der Waals surface area (Å²) in [5, 5.41) is 9.76. The molecule has 0 aromatic carbocycles. The zero-order chi connectivity index (χ0) is 23.3. The van der Waals surface area contributed by atoms with Crippen LogP contribution >= 0.6 is 11.3 Å². The molecule has 3 N–H and O–H groups in total. The third-order valence-corrected chi connectivity index (χ3v) is 7.25. The molecule has 0 spiro atoms. The highest BCUT2D eigenvalue weighted by Gasteiger charge is 2.54. The van der Waals surface area contributed by atoms with Crippen molar-refractivity contribution in [1.82, 2.24) is 20.3 Å². The van der Waals surface area contributed by atoms with E-state index in [4.69, 9.17) is 4.98 Å². The van der Waals surface area contributed by atoms with Gasteiger partial charge in [-0.1, -0.05) is 16.4 Å². The molecule has 1 amide bonds. The van der Waals surface area contributed by atoms with Gasteiger partial charge in [0.15, 0.2) is 0 Å². The Kier molecular flexibility index (Phi) is 5.71. The first-order chi connectivity index (χ1) is 15.0. The smallest absolute Gasteiger partial charge is 0.370 e. The van der Waals surface area contributed by atoms with Gasteiger partial charge in [-0.25, -0.2) is 9.97 Å². The number of carbonyl (C=O) groups is 1. The van der Waals surface area contributed by atoms with Crippen molar-refractivity contribution in [2.24, 2.45) is 0 Å². The van der Waals surface area contributed by atoms with Crippen LogP contribution < -0.4 is 16.0 Å². The fourth-order valence-corrected chi connectivity index (χ4v) is 5.63. The van der Waals surface area contributed by atoms with E-state index in [-0.39, 0.29) is 28.7 Å². The number of hydrogen-bond donors (Lipinski definition) is 3. The van der Waals surface area contributed by atoms with Crippen LogP contribution in [0, 0.1) is 0 Å². The maximum atomic E-state index is 13.3. The fraction of sp³-hybridized carbons (Fsp3) is 0.556. The number of anilines is 3. The van der Waals surface area contributed by atoms with Crippen molar-refractivity contribution in [2.45, 2.75) is 48.8 Å². The van der Waals surface area contributed by atoms with Crippen LogP contribution in [-0.2, 0) is 16.4 Å². The molecule has 2 aliphatic rings. The van der Waals surface area contributed by atoms with Crippen LogP contribution in [0.2, 0.25) is 5.11 Å². The van der Waals surface area contributed by atoms with Crippen molar-refractivity contribution in [2.75, 3.05) is 23.7 Å².